The number of esters is 1. The number of para-hydroxylation sites is 1. The molecule has 0 aliphatic rings. The largest absolute Gasteiger partial charge is 0.461 e. The van der Waals surface area contributed by atoms with Gasteiger partial charge in [-0.15, -0.1) is 0 Å². The highest BCUT2D eigenvalue weighted by Gasteiger charge is 2.50. The summed E-state index contributed by atoms with van der Waals surface area (Å²) in [5.74, 6) is -0.826. The van der Waals surface area contributed by atoms with Crippen LogP contribution in [0.4, 0.5) is 0 Å². The van der Waals surface area contributed by atoms with Crippen LogP contribution in [0.25, 0.3) is 0 Å². The van der Waals surface area contributed by atoms with Gasteiger partial charge in [-0.1, -0.05) is 18.2 Å². The molecule has 1 aromatic carbocycles. The predicted octanol–water partition coefficient (Wildman–Crippen LogP) is 1.23. The molecule has 86 valence electrons. The summed E-state index contributed by atoms with van der Waals surface area (Å²) >= 11 is 0. The van der Waals surface area contributed by atoms with E-state index in [1.54, 1.807) is 18.2 Å². The lowest BCUT2D eigenvalue weighted by atomic mass is 10.2. The topological polar surface area (TPSA) is 78.7 Å². The Balaban J connectivity index is 2.97. The molecule has 0 heterocycles. The zero-order valence-corrected chi connectivity index (χ0v) is 8.88. The molecule has 0 bridgehead atoms. The molecule has 0 aromatic heterocycles. The van der Waals surface area contributed by atoms with Crippen LogP contribution in [0.1, 0.15) is 6.92 Å². The van der Waals surface area contributed by atoms with E-state index in [9.17, 15) is 14.9 Å². The van der Waals surface area contributed by atoms with Gasteiger partial charge < -0.3 is 9.47 Å². The van der Waals surface area contributed by atoms with Gasteiger partial charge in [-0.05, 0) is 12.1 Å². The van der Waals surface area contributed by atoms with Crippen molar-refractivity contribution in [3.05, 3.63) is 40.4 Å². The normalized spacial score (nSPS) is 13.6. The Morgan fingerprint density at radius 2 is 1.94 bits per heavy atom. The first-order valence-electron chi connectivity index (χ1n) is 4.47. The molecule has 0 radical (unpaired) electrons. The third kappa shape index (κ3) is 2.28. The van der Waals surface area contributed by atoms with E-state index in [4.69, 9.17) is 4.74 Å². The molecule has 0 saturated heterocycles. The molecule has 0 aliphatic heterocycles. The predicted molar refractivity (Wildman–Crippen MR) is 54.5 cm³/mol. The van der Waals surface area contributed by atoms with E-state index in [0.717, 1.165) is 14.0 Å². The smallest absolute Gasteiger partial charge is 0.458 e. The Kier molecular flexibility index (Phi) is 3.44. The number of nitrogens with zero attached hydrogens (tertiary/aromatic N) is 1. The maximum atomic E-state index is 11.3. The second-order valence-corrected chi connectivity index (χ2v) is 3.15. The van der Waals surface area contributed by atoms with E-state index in [2.05, 4.69) is 4.74 Å². The van der Waals surface area contributed by atoms with Gasteiger partial charge in [0, 0.05) is 0 Å². The van der Waals surface area contributed by atoms with Crippen molar-refractivity contribution in [3.8, 4) is 5.75 Å². The minimum absolute atomic E-state index is 0.229. The zero-order chi connectivity index (χ0) is 12.2. The average molecular weight is 225 g/mol. The number of methoxy groups -OCH3 is 1. The monoisotopic (exact) mass is 225 g/mol. The Morgan fingerprint density at radius 1 is 1.38 bits per heavy atom. The summed E-state index contributed by atoms with van der Waals surface area (Å²) in [5.41, 5.74) is -2.23. The van der Waals surface area contributed by atoms with Crippen LogP contribution < -0.4 is 4.74 Å². The Bertz CT molecular complexity index is 391. The van der Waals surface area contributed by atoms with Crippen LogP contribution in [0.3, 0.4) is 0 Å². The van der Waals surface area contributed by atoms with Crippen LogP contribution >= 0.6 is 0 Å². The molecule has 1 unspecified atom stereocenters. The number of benzene rings is 1. The van der Waals surface area contributed by atoms with Crippen LogP contribution in [0, 0.1) is 10.1 Å². The zero-order valence-electron chi connectivity index (χ0n) is 8.88. The van der Waals surface area contributed by atoms with Gasteiger partial charge in [0.2, 0.25) is 0 Å². The van der Waals surface area contributed by atoms with Crippen LogP contribution in [0.15, 0.2) is 30.3 Å². The van der Waals surface area contributed by atoms with Crippen molar-refractivity contribution in [3.63, 3.8) is 0 Å². The number of carbonyl (C=O) groups is 1. The quantitative estimate of drug-likeness (QED) is 0.333. The minimum Gasteiger partial charge on any atom is -0.461 e. The Morgan fingerprint density at radius 3 is 2.38 bits per heavy atom. The SMILES string of the molecule is COC(=O)C(C)(Oc1ccccc1)[N+](=O)[O-]. The van der Waals surface area contributed by atoms with Crippen molar-refractivity contribution < 1.29 is 19.2 Å². The summed E-state index contributed by atoms with van der Waals surface area (Å²) in [7, 11) is 1.07. The number of ether oxygens (including phenoxy) is 2. The number of hydrogen-bond donors (Lipinski definition) is 0. The van der Waals surface area contributed by atoms with Gasteiger partial charge in [0.15, 0.2) is 0 Å². The second-order valence-electron chi connectivity index (χ2n) is 3.15. The van der Waals surface area contributed by atoms with Crippen LogP contribution in [0.5, 0.6) is 5.75 Å². The highest BCUT2D eigenvalue weighted by Crippen LogP contribution is 2.19. The van der Waals surface area contributed by atoms with Gasteiger partial charge >= 0.3 is 11.7 Å². The van der Waals surface area contributed by atoms with Crippen LogP contribution in [-0.4, -0.2) is 23.7 Å². The Labute approximate surface area is 91.9 Å². The van der Waals surface area contributed by atoms with Gasteiger partial charge in [0.1, 0.15) is 5.75 Å². The van der Waals surface area contributed by atoms with E-state index in [0.29, 0.717) is 0 Å². The lowest BCUT2D eigenvalue weighted by Gasteiger charge is -2.19. The van der Waals surface area contributed by atoms with Gasteiger partial charge in [-0.3, -0.25) is 10.1 Å². The molecule has 6 nitrogen and oxygen atoms in total. The van der Waals surface area contributed by atoms with E-state index < -0.39 is 16.6 Å². The van der Waals surface area contributed by atoms with Crippen molar-refractivity contribution in [2.45, 2.75) is 12.6 Å². The molecule has 1 atom stereocenters. The molecule has 0 spiro atoms. The Hall–Kier alpha value is -2.11. The summed E-state index contributed by atoms with van der Waals surface area (Å²) in [6.07, 6.45) is 0. The van der Waals surface area contributed by atoms with Gasteiger partial charge in [0.05, 0.1) is 19.0 Å². The van der Waals surface area contributed by atoms with E-state index in [1.165, 1.54) is 12.1 Å². The third-order valence-electron chi connectivity index (χ3n) is 1.97. The maximum absolute atomic E-state index is 11.3. The van der Waals surface area contributed by atoms with Crippen molar-refractivity contribution in [1.82, 2.24) is 0 Å². The van der Waals surface area contributed by atoms with E-state index >= 15 is 0 Å². The first-order valence-corrected chi connectivity index (χ1v) is 4.47. The van der Waals surface area contributed by atoms with Crippen molar-refractivity contribution in [2.75, 3.05) is 7.11 Å². The summed E-state index contributed by atoms with van der Waals surface area (Å²) in [5, 5.41) is 10.8. The average Bonchev–Trinajstić information content (AvgIpc) is 2.28. The molecule has 0 saturated carbocycles. The fourth-order valence-electron chi connectivity index (χ4n) is 1.06. The summed E-state index contributed by atoms with van der Waals surface area (Å²) in [6.45, 7) is 1.05. The molecule has 1 rings (SSSR count). The summed E-state index contributed by atoms with van der Waals surface area (Å²) in [4.78, 5) is 21.3. The first-order chi connectivity index (χ1) is 7.50. The van der Waals surface area contributed by atoms with Gasteiger partial charge in [-0.2, -0.15) is 0 Å². The molecular formula is C10H11NO5. The summed E-state index contributed by atoms with van der Waals surface area (Å²) < 4.78 is 9.39. The summed E-state index contributed by atoms with van der Waals surface area (Å²) in [6, 6.07) is 8.06. The molecule has 0 N–H and O–H groups in total. The van der Waals surface area contributed by atoms with Crippen molar-refractivity contribution >= 4 is 5.97 Å². The number of rotatable bonds is 4. The lowest BCUT2D eigenvalue weighted by Crippen LogP contribution is -2.49. The van der Waals surface area contributed by atoms with Crippen molar-refractivity contribution in [1.29, 1.82) is 0 Å². The van der Waals surface area contributed by atoms with E-state index in [1.807, 2.05) is 0 Å². The molecule has 0 aliphatic carbocycles. The van der Waals surface area contributed by atoms with Crippen LogP contribution in [-0.2, 0) is 9.53 Å². The van der Waals surface area contributed by atoms with Crippen LogP contribution in [0.2, 0.25) is 0 Å². The number of hydrogen-bond acceptors (Lipinski definition) is 5. The standard InChI is InChI=1S/C10H11NO5/c1-10(11(13)14,9(12)15-2)16-8-6-4-3-5-7-8/h3-7H,1-2H3. The molecule has 16 heavy (non-hydrogen) atoms. The molecule has 1 aromatic rings. The fourth-order valence-corrected chi connectivity index (χ4v) is 1.06. The third-order valence-corrected chi connectivity index (χ3v) is 1.97. The number of nitro groups is 1. The molecular weight excluding hydrogens is 214 g/mol. The van der Waals surface area contributed by atoms with Gasteiger partial charge in [-0.25, -0.2) is 4.79 Å². The highest BCUT2D eigenvalue weighted by atomic mass is 16.7. The second kappa shape index (κ2) is 4.61. The fraction of sp³-hybridized carbons (Fsp3) is 0.300. The molecule has 0 fully saturated rings. The van der Waals surface area contributed by atoms with Crippen molar-refractivity contribution in [2.24, 2.45) is 0 Å². The lowest BCUT2D eigenvalue weighted by molar-refractivity contribution is -0.593. The van der Waals surface area contributed by atoms with E-state index in [-0.39, 0.29) is 5.75 Å². The molecule has 6 heteroatoms. The van der Waals surface area contributed by atoms with Gasteiger partial charge in [0.25, 0.3) is 0 Å². The highest BCUT2D eigenvalue weighted by molar-refractivity contribution is 5.77. The first kappa shape index (κ1) is 12.0. The minimum atomic E-state index is -2.23. The molecule has 0 amide bonds. The maximum Gasteiger partial charge on any atom is 0.458 e. The number of carbonyl (C=O) groups excluding carboxylic acids is 1.